The van der Waals surface area contributed by atoms with Gasteiger partial charge in [0.05, 0.1) is 13.2 Å². The second kappa shape index (κ2) is 15.1. The normalized spacial score (nSPS) is 16.2. The van der Waals surface area contributed by atoms with Gasteiger partial charge < -0.3 is 19.7 Å². The van der Waals surface area contributed by atoms with Gasteiger partial charge in [0.2, 0.25) is 10.3 Å². The van der Waals surface area contributed by atoms with E-state index in [1.807, 2.05) is 36.4 Å². The van der Waals surface area contributed by atoms with Crippen molar-refractivity contribution in [3.05, 3.63) is 83.4 Å². The Morgan fingerprint density at radius 2 is 1.63 bits per heavy atom. The van der Waals surface area contributed by atoms with E-state index in [1.165, 1.54) is 12.3 Å². The monoisotopic (exact) mass is 628 g/mol. The number of aromatic hydroxyl groups is 2. The molecule has 6 nitrogen and oxygen atoms in total. The van der Waals surface area contributed by atoms with E-state index in [2.05, 4.69) is 6.07 Å². The molecule has 0 spiro atoms. The topological polar surface area (TPSA) is 93.1 Å². The summed E-state index contributed by atoms with van der Waals surface area (Å²) in [5.74, 6) is -2.74. The van der Waals surface area contributed by atoms with E-state index in [1.54, 1.807) is 24.3 Å². The summed E-state index contributed by atoms with van der Waals surface area (Å²) in [6.07, 6.45) is -4.67. The van der Waals surface area contributed by atoms with Crippen LogP contribution >= 0.6 is 0 Å². The number of phenolic OH excluding ortho intramolecular Hbond substituents is 2. The first kappa shape index (κ1) is 33.7. The predicted molar refractivity (Wildman–Crippen MR) is 153 cm³/mol. The van der Waals surface area contributed by atoms with E-state index in [0.717, 1.165) is 35.3 Å². The second-order valence-corrected chi connectivity index (χ2v) is 10.9. The smallest absolute Gasteiger partial charge is 0.453 e. The number of halogens is 5. The summed E-state index contributed by atoms with van der Waals surface area (Å²) < 4.78 is 90.5. The molecular weight excluding hydrogens is 595 g/mol. The number of hydrogen-bond donors (Lipinski definition) is 2. The van der Waals surface area contributed by atoms with Gasteiger partial charge in [-0.15, -0.1) is 0 Å². The highest BCUT2D eigenvalue weighted by atomic mass is 32.2. The van der Waals surface area contributed by atoms with Crippen LogP contribution in [0.5, 0.6) is 23.0 Å². The van der Waals surface area contributed by atoms with E-state index in [4.69, 9.17) is 9.47 Å². The number of fused-ring (bicyclic) bond motifs is 1. The lowest BCUT2D eigenvalue weighted by Gasteiger charge is -2.34. The first-order valence-corrected chi connectivity index (χ1v) is 14.8. The Morgan fingerprint density at radius 3 is 2.26 bits per heavy atom. The molecule has 0 aliphatic carbocycles. The summed E-state index contributed by atoms with van der Waals surface area (Å²) in [6.45, 7) is 2.22. The lowest BCUT2D eigenvalue weighted by atomic mass is 9.76. The first-order valence-electron chi connectivity index (χ1n) is 13.7. The van der Waals surface area contributed by atoms with Gasteiger partial charge in [0.15, 0.2) is 0 Å². The molecule has 0 fully saturated rings. The Morgan fingerprint density at radius 1 is 0.930 bits per heavy atom. The Labute approximate surface area is 248 Å². The highest BCUT2D eigenvalue weighted by Gasteiger charge is 2.56. The minimum Gasteiger partial charge on any atom is -0.508 e. The fraction of sp³-hybridized carbons (Fsp3) is 0.387. The summed E-state index contributed by atoms with van der Waals surface area (Å²) in [5, 5.41) is 20.9. The lowest BCUT2D eigenvalue weighted by molar-refractivity contribution is -0.284. The van der Waals surface area contributed by atoms with E-state index >= 15 is 0 Å². The van der Waals surface area contributed by atoms with Gasteiger partial charge in [0, 0.05) is 35.3 Å². The average molecular weight is 629 g/mol. The van der Waals surface area contributed by atoms with Crippen LogP contribution in [0.2, 0.25) is 0 Å². The molecule has 0 saturated carbocycles. The minimum atomic E-state index is -5.39. The van der Waals surface area contributed by atoms with Crippen LogP contribution in [0.15, 0.2) is 66.7 Å². The molecule has 2 N–H and O–H groups in total. The number of hydrogen-bond acceptors (Lipinski definition) is 6. The number of alkyl halides is 5. The maximum atomic E-state index is 11.8. The number of ether oxygens (including phenoxy) is 2. The molecule has 12 heteroatoms. The van der Waals surface area contributed by atoms with Gasteiger partial charge in [-0.2, -0.15) is 30.4 Å². The maximum absolute atomic E-state index is 11.8. The van der Waals surface area contributed by atoms with Crippen molar-refractivity contribution < 1.29 is 50.1 Å². The van der Waals surface area contributed by atoms with Crippen LogP contribution in [0.4, 0.5) is 22.0 Å². The van der Waals surface area contributed by atoms with Gasteiger partial charge in [-0.3, -0.25) is 0 Å². The molecule has 2 unspecified atom stereocenters. The molecule has 0 saturated heterocycles. The Balaban J connectivity index is 0.000000436. The molecule has 43 heavy (non-hydrogen) atoms. The lowest BCUT2D eigenvalue weighted by Crippen LogP contribution is -2.35. The molecule has 0 amide bonds. The van der Waals surface area contributed by atoms with Gasteiger partial charge in [-0.25, -0.2) is 0 Å². The van der Waals surface area contributed by atoms with Crippen LogP contribution in [0.25, 0.3) is 0 Å². The zero-order valence-electron chi connectivity index (χ0n) is 23.4. The second-order valence-electron chi connectivity index (χ2n) is 10.0. The Kier molecular flexibility index (Phi) is 11.8. The third-order valence-electron chi connectivity index (χ3n) is 6.79. The van der Waals surface area contributed by atoms with Crippen molar-refractivity contribution in [3.8, 4) is 23.0 Å². The van der Waals surface area contributed by atoms with Crippen LogP contribution in [0.1, 0.15) is 67.6 Å². The average Bonchev–Trinajstić information content (AvgIpc) is 2.94. The van der Waals surface area contributed by atoms with Crippen molar-refractivity contribution in [1.82, 2.24) is 0 Å². The molecular formula is C31H33F5O6S. The van der Waals surface area contributed by atoms with Crippen molar-refractivity contribution in [1.29, 1.82) is 0 Å². The quantitative estimate of drug-likeness (QED) is 0.136. The number of unbranched alkanes of at least 4 members (excludes halogenated alkanes) is 2. The fourth-order valence-electron chi connectivity index (χ4n) is 4.69. The third-order valence-corrected chi connectivity index (χ3v) is 7.30. The van der Waals surface area contributed by atoms with E-state index in [0.29, 0.717) is 25.4 Å². The number of benzene rings is 3. The molecule has 0 radical (unpaired) electrons. The maximum Gasteiger partial charge on any atom is 0.453 e. The fourth-order valence-corrected chi connectivity index (χ4v) is 5.05. The predicted octanol–water partition coefficient (Wildman–Crippen LogP) is 7.62. The Bertz CT molecular complexity index is 1460. The van der Waals surface area contributed by atoms with Crippen molar-refractivity contribution >= 4 is 15.7 Å². The van der Waals surface area contributed by atoms with Gasteiger partial charge >= 0.3 is 12.1 Å². The highest BCUT2D eigenvalue weighted by molar-refractivity contribution is 7.71. The van der Waals surface area contributed by atoms with Crippen molar-refractivity contribution in [2.24, 2.45) is 0 Å². The zero-order chi connectivity index (χ0) is 31.6. The largest absolute Gasteiger partial charge is 0.508 e. The molecule has 234 valence electrons. The molecule has 1 aliphatic heterocycles. The highest BCUT2D eigenvalue weighted by Crippen LogP contribution is 2.47. The van der Waals surface area contributed by atoms with Gasteiger partial charge in [0.25, 0.3) is 0 Å². The van der Waals surface area contributed by atoms with Crippen LogP contribution in [-0.2, 0) is 10.3 Å². The summed E-state index contributed by atoms with van der Waals surface area (Å²) in [7, 11) is -2.11. The molecule has 3 aromatic carbocycles. The van der Waals surface area contributed by atoms with Gasteiger partial charge in [0.1, 0.15) is 23.0 Å². The molecule has 0 bridgehead atoms. The SMILES string of the molecule is CCCC(F)(F)C(F)(F)F.O=S(=O)=CCCCCOc1cccc(C2c3ccc(O)cc3OCC2c2ccc(O)cc2)c1. The first-order chi connectivity index (χ1) is 20.3. The van der Waals surface area contributed by atoms with Crippen molar-refractivity contribution in [2.75, 3.05) is 13.2 Å². The van der Waals surface area contributed by atoms with Gasteiger partial charge in [-0.1, -0.05) is 43.7 Å². The summed E-state index contributed by atoms with van der Waals surface area (Å²) in [5.41, 5.74) is 3.10. The third kappa shape index (κ3) is 9.60. The molecule has 1 heterocycles. The van der Waals surface area contributed by atoms with Crippen molar-refractivity contribution in [3.63, 3.8) is 0 Å². The van der Waals surface area contributed by atoms with Crippen LogP contribution < -0.4 is 9.47 Å². The zero-order valence-corrected chi connectivity index (χ0v) is 24.2. The molecule has 3 aromatic rings. The molecule has 2 atom stereocenters. The summed E-state index contributed by atoms with van der Waals surface area (Å²) in [4.78, 5) is 0. The van der Waals surface area contributed by atoms with Crippen LogP contribution in [0.3, 0.4) is 0 Å². The molecule has 4 rings (SSSR count). The number of phenols is 2. The van der Waals surface area contributed by atoms with Crippen LogP contribution in [0, 0.1) is 0 Å². The minimum absolute atomic E-state index is 0.0152. The van der Waals surface area contributed by atoms with E-state index in [-0.39, 0.29) is 29.8 Å². The number of rotatable bonds is 10. The molecule has 1 aliphatic rings. The Hall–Kier alpha value is -3.80. The standard InChI is InChI=1S/C26H26O6S.C5H7F5/c27-20-9-7-18(8-10-20)24-17-32-25-16-21(28)11-12-23(25)26(24)19-5-4-6-22(15-19)31-13-2-1-3-14-33(29)30;1-2-3-4(6,7)5(8,9)10/h4-12,14-16,24,26-28H,1-3,13,17H2;2-3H2,1H3. The van der Waals surface area contributed by atoms with Gasteiger partial charge in [-0.05, 0) is 60.7 Å². The summed E-state index contributed by atoms with van der Waals surface area (Å²) in [6, 6.07) is 20.3. The molecule has 0 aromatic heterocycles. The van der Waals surface area contributed by atoms with Crippen LogP contribution in [-0.4, -0.2) is 49.3 Å². The summed E-state index contributed by atoms with van der Waals surface area (Å²) >= 11 is 0. The van der Waals surface area contributed by atoms with E-state index in [9.17, 15) is 40.6 Å². The van der Waals surface area contributed by atoms with E-state index < -0.39 is 28.8 Å². The van der Waals surface area contributed by atoms with Crippen molar-refractivity contribution in [2.45, 2.75) is 63.0 Å².